The summed E-state index contributed by atoms with van der Waals surface area (Å²) in [5.74, 6) is 1.11. The van der Waals surface area contributed by atoms with E-state index in [9.17, 15) is 4.79 Å². The fourth-order valence-electron chi connectivity index (χ4n) is 2.14. The van der Waals surface area contributed by atoms with Gasteiger partial charge in [0.15, 0.2) is 0 Å². The molecular weight excluding hydrogens is 176 g/mol. The highest BCUT2D eigenvalue weighted by Gasteiger charge is 2.30. The fraction of sp³-hybridized carbons (Fsp3) is 0.909. The topological polar surface area (TPSA) is 32.3 Å². The van der Waals surface area contributed by atoms with E-state index in [0.717, 1.165) is 38.4 Å². The van der Waals surface area contributed by atoms with Crippen molar-refractivity contribution in [1.82, 2.24) is 10.2 Å². The lowest BCUT2D eigenvalue weighted by Crippen LogP contribution is -2.35. The summed E-state index contributed by atoms with van der Waals surface area (Å²) in [7, 11) is 0. The van der Waals surface area contributed by atoms with Gasteiger partial charge in [-0.15, -0.1) is 0 Å². The number of hydrogen-bond acceptors (Lipinski definition) is 2. The Bertz CT molecular complexity index is 213. The van der Waals surface area contributed by atoms with Crippen LogP contribution in [0.25, 0.3) is 0 Å². The molecule has 1 amide bonds. The van der Waals surface area contributed by atoms with Gasteiger partial charge in [0.05, 0.1) is 0 Å². The Balaban J connectivity index is 1.73. The van der Waals surface area contributed by atoms with Crippen molar-refractivity contribution in [1.29, 1.82) is 0 Å². The molecule has 1 unspecified atom stereocenters. The summed E-state index contributed by atoms with van der Waals surface area (Å²) in [6.07, 6.45) is 4.48. The number of likely N-dealkylation sites (tertiary alicyclic amines) is 1. The molecule has 1 atom stereocenters. The molecule has 2 aliphatic rings. The highest BCUT2D eigenvalue weighted by atomic mass is 16.2. The van der Waals surface area contributed by atoms with E-state index in [0.29, 0.717) is 11.9 Å². The molecule has 0 bridgehead atoms. The van der Waals surface area contributed by atoms with Gasteiger partial charge < -0.3 is 10.2 Å². The molecule has 0 aromatic carbocycles. The molecule has 1 N–H and O–H groups in total. The smallest absolute Gasteiger partial charge is 0.222 e. The van der Waals surface area contributed by atoms with Crippen LogP contribution in [0.15, 0.2) is 0 Å². The zero-order valence-corrected chi connectivity index (χ0v) is 8.96. The van der Waals surface area contributed by atoms with E-state index < -0.39 is 0 Å². The van der Waals surface area contributed by atoms with Crippen LogP contribution in [-0.4, -0.2) is 36.5 Å². The molecule has 2 fully saturated rings. The first kappa shape index (κ1) is 9.97. The standard InChI is InChI=1S/C11H20N2O/c1-2-12-10-5-6-13(8-10)11(14)7-9-3-4-9/h9-10,12H,2-8H2,1H3. The van der Waals surface area contributed by atoms with Crippen molar-refractivity contribution in [3.8, 4) is 0 Å². The molecule has 1 heterocycles. The monoisotopic (exact) mass is 196 g/mol. The number of rotatable bonds is 4. The van der Waals surface area contributed by atoms with Crippen molar-refractivity contribution in [2.24, 2.45) is 5.92 Å². The second-order valence-corrected chi connectivity index (χ2v) is 4.53. The Morgan fingerprint density at radius 3 is 2.86 bits per heavy atom. The van der Waals surface area contributed by atoms with Crippen LogP contribution in [0.1, 0.15) is 32.6 Å². The maximum Gasteiger partial charge on any atom is 0.222 e. The summed E-state index contributed by atoms with van der Waals surface area (Å²) >= 11 is 0. The quantitative estimate of drug-likeness (QED) is 0.727. The van der Waals surface area contributed by atoms with Crippen LogP contribution >= 0.6 is 0 Å². The van der Waals surface area contributed by atoms with Crippen molar-refractivity contribution >= 4 is 5.91 Å². The fourth-order valence-corrected chi connectivity index (χ4v) is 2.14. The minimum absolute atomic E-state index is 0.382. The highest BCUT2D eigenvalue weighted by Crippen LogP contribution is 2.33. The van der Waals surface area contributed by atoms with Crippen LogP contribution in [0.5, 0.6) is 0 Å². The van der Waals surface area contributed by atoms with E-state index >= 15 is 0 Å². The van der Waals surface area contributed by atoms with Crippen LogP contribution in [0.3, 0.4) is 0 Å². The van der Waals surface area contributed by atoms with Crippen molar-refractivity contribution in [3.63, 3.8) is 0 Å². The predicted molar refractivity (Wildman–Crippen MR) is 56.0 cm³/mol. The molecule has 0 aromatic rings. The summed E-state index contributed by atoms with van der Waals surface area (Å²) in [6.45, 7) is 5.02. The molecule has 1 saturated carbocycles. The van der Waals surface area contributed by atoms with Crippen LogP contribution in [0.2, 0.25) is 0 Å². The summed E-state index contributed by atoms with van der Waals surface area (Å²) in [4.78, 5) is 13.8. The molecule has 3 nitrogen and oxygen atoms in total. The second kappa shape index (κ2) is 4.30. The third-order valence-electron chi connectivity index (χ3n) is 3.19. The van der Waals surface area contributed by atoms with Gasteiger partial charge in [-0.05, 0) is 31.7 Å². The largest absolute Gasteiger partial charge is 0.341 e. The number of nitrogens with zero attached hydrogens (tertiary/aromatic N) is 1. The van der Waals surface area contributed by atoms with E-state index in [-0.39, 0.29) is 0 Å². The molecule has 0 radical (unpaired) electrons. The van der Waals surface area contributed by atoms with Gasteiger partial charge in [-0.1, -0.05) is 6.92 Å². The van der Waals surface area contributed by atoms with Crippen LogP contribution < -0.4 is 5.32 Å². The van der Waals surface area contributed by atoms with Crippen LogP contribution in [0.4, 0.5) is 0 Å². The Labute approximate surface area is 85.8 Å². The number of likely N-dealkylation sites (N-methyl/N-ethyl adjacent to an activating group) is 1. The third-order valence-corrected chi connectivity index (χ3v) is 3.19. The van der Waals surface area contributed by atoms with E-state index in [4.69, 9.17) is 0 Å². The summed E-state index contributed by atoms with van der Waals surface area (Å²) < 4.78 is 0. The lowest BCUT2D eigenvalue weighted by molar-refractivity contribution is -0.130. The van der Waals surface area contributed by atoms with Crippen LogP contribution in [0, 0.1) is 5.92 Å². The zero-order valence-electron chi connectivity index (χ0n) is 8.96. The van der Waals surface area contributed by atoms with Crippen molar-refractivity contribution in [2.75, 3.05) is 19.6 Å². The second-order valence-electron chi connectivity index (χ2n) is 4.53. The lowest BCUT2D eigenvalue weighted by atomic mass is 10.2. The molecular formula is C11H20N2O. The van der Waals surface area contributed by atoms with E-state index in [2.05, 4.69) is 12.2 Å². The van der Waals surface area contributed by atoms with Gasteiger partial charge in [0.2, 0.25) is 5.91 Å². The molecule has 1 aliphatic carbocycles. The third kappa shape index (κ3) is 2.47. The molecule has 14 heavy (non-hydrogen) atoms. The first-order valence-corrected chi connectivity index (χ1v) is 5.80. The molecule has 0 aromatic heterocycles. The molecule has 1 saturated heterocycles. The Hall–Kier alpha value is -0.570. The number of hydrogen-bond donors (Lipinski definition) is 1. The molecule has 80 valence electrons. The maximum absolute atomic E-state index is 11.7. The van der Waals surface area contributed by atoms with Gasteiger partial charge in [-0.3, -0.25) is 4.79 Å². The van der Waals surface area contributed by atoms with Gasteiger partial charge >= 0.3 is 0 Å². The predicted octanol–water partition coefficient (Wildman–Crippen LogP) is 0.997. The molecule has 1 aliphatic heterocycles. The zero-order chi connectivity index (χ0) is 9.97. The maximum atomic E-state index is 11.7. The minimum atomic E-state index is 0.382. The summed E-state index contributed by atoms with van der Waals surface area (Å²) in [6, 6.07) is 0.545. The van der Waals surface area contributed by atoms with Crippen LogP contribution in [-0.2, 0) is 4.79 Å². The lowest BCUT2D eigenvalue weighted by Gasteiger charge is -2.16. The minimum Gasteiger partial charge on any atom is -0.341 e. The Morgan fingerprint density at radius 1 is 1.43 bits per heavy atom. The first-order chi connectivity index (χ1) is 6.79. The Morgan fingerprint density at radius 2 is 2.21 bits per heavy atom. The highest BCUT2D eigenvalue weighted by molar-refractivity contribution is 5.77. The summed E-state index contributed by atoms with van der Waals surface area (Å²) in [5.41, 5.74) is 0. The van der Waals surface area contributed by atoms with E-state index in [1.165, 1.54) is 12.8 Å². The number of carbonyl (C=O) groups is 1. The molecule has 3 heteroatoms. The van der Waals surface area contributed by atoms with Gasteiger partial charge in [0.1, 0.15) is 0 Å². The average Bonchev–Trinajstić information content (AvgIpc) is 2.83. The van der Waals surface area contributed by atoms with Gasteiger partial charge in [0.25, 0.3) is 0 Å². The summed E-state index contributed by atoms with van der Waals surface area (Å²) in [5, 5.41) is 3.40. The van der Waals surface area contributed by atoms with Gasteiger partial charge in [-0.25, -0.2) is 0 Å². The van der Waals surface area contributed by atoms with E-state index in [1.807, 2.05) is 4.90 Å². The van der Waals surface area contributed by atoms with Crippen molar-refractivity contribution in [2.45, 2.75) is 38.6 Å². The molecule has 0 spiro atoms. The molecule has 2 rings (SSSR count). The average molecular weight is 196 g/mol. The SMILES string of the molecule is CCNC1CCN(C(=O)CC2CC2)C1. The first-order valence-electron chi connectivity index (χ1n) is 5.80. The Kier molecular flexibility index (Phi) is 3.06. The van der Waals surface area contributed by atoms with E-state index in [1.54, 1.807) is 0 Å². The van der Waals surface area contributed by atoms with Gasteiger partial charge in [-0.2, -0.15) is 0 Å². The normalized spacial score (nSPS) is 26.9. The number of carbonyl (C=O) groups excluding carboxylic acids is 1. The van der Waals surface area contributed by atoms with Crippen molar-refractivity contribution in [3.05, 3.63) is 0 Å². The van der Waals surface area contributed by atoms with Crippen molar-refractivity contribution < 1.29 is 4.79 Å². The van der Waals surface area contributed by atoms with Gasteiger partial charge in [0, 0.05) is 25.6 Å². The number of amides is 1. The number of nitrogens with one attached hydrogen (secondary N) is 1.